The van der Waals surface area contributed by atoms with Gasteiger partial charge in [0.1, 0.15) is 5.82 Å². The van der Waals surface area contributed by atoms with Crippen molar-refractivity contribution in [1.82, 2.24) is 10.2 Å². The van der Waals surface area contributed by atoms with Gasteiger partial charge in [-0.05, 0) is 44.1 Å². The molecule has 1 aromatic rings. The van der Waals surface area contributed by atoms with E-state index in [1.807, 2.05) is 0 Å². The van der Waals surface area contributed by atoms with E-state index in [0.717, 1.165) is 25.6 Å². The molecule has 19 heavy (non-hydrogen) atoms. The Bertz CT molecular complexity index is 467. The molecule has 1 amide bonds. The Morgan fingerprint density at radius 2 is 2.37 bits per heavy atom. The zero-order chi connectivity index (χ0) is 13.8. The lowest BCUT2D eigenvalue weighted by Gasteiger charge is -2.22. The number of hydrogen-bond donors (Lipinski definition) is 1. The van der Waals surface area contributed by atoms with Crippen molar-refractivity contribution in [2.75, 3.05) is 19.6 Å². The Hall–Kier alpha value is -1.13. The molecule has 0 spiro atoms. The maximum atomic E-state index is 12.9. The zero-order valence-electron chi connectivity index (χ0n) is 11.0. The first-order chi connectivity index (χ1) is 9.11. The third kappa shape index (κ3) is 3.45. The number of carbonyl (C=O) groups is 1. The monoisotopic (exact) mass is 284 g/mol. The highest BCUT2D eigenvalue weighted by Gasteiger charge is 2.23. The minimum atomic E-state index is -0.436. The summed E-state index contributed by atoms with van der Waals surface area (Å²) in [6.45, 7) is 4.82. The summed E-state index contributed by atoms with van der Waals surface area (Å²) in [5.41, 5.74) is 0.323. The molecule has 104 valence electrons. The average Bonchev–Trinajstić information content (AvgIpc) is 2.83. The summed E-state index contributed by atoms with van der Waals surface area (Å²) >= 11 is 5.86. The van der Waals surface area contributed by atoms with Crippen molar-refractivity contribution in [3.05, 3.63) is 34.6 Å². The number of carbonyl (C=O) groups excluding carboxylic acids is 1. The van der Waals surface area contributed by atoms with Crippen LogP contribution in [-0.2, 0) is 0 Å². The molecule has 5 heteroatoms. The Balaban J connectivity index is 1.94. The highest BCUT2D eigenvalue weighted by molar-refractivity contribution is 6.33. The summed E-state index contributed by atoms with van der Waals surface area (Å²) in [4.78, 5) is 14.3. The maximum Gasteiger partial charge on any atom is 0.252 e. The van der Waals surface area contributed by atoms with Gasteiger partial charge < -0.3 is 5.32 Å². The molecule has 1 heterocycles. The first kappa shape index (κ1) is 14.3. The minimum Gasteiger partial charge on any atom is -0.350 e. The molecule has 2 rings (SSSR count). The molecule has 0 radical (unpaired) electrons. The molecular formula is C14H18ClFN2O. The number of nitrogens with zero attached hydrogens (tertiary/aromatic N) is 1. The second-order valence-corrected chi connectivity index (χ2v) is 5.17. The van der Waals surface area contributed by atoms with Gasteiger partial charge in [0.25, 0.3) is 5.91 Å². The molecule has 1 N–H and O–H groups in total. The number of nitrogens with one attached hydrogen (secondary N) is 1. The summed E-state index contributed by atoms with van der Waals surface area (Å²) in [5, 5.41) is 3.03. The van der Waals surface area contributed by atoms with Crippen LogP contribution in [0.15, 0.2) is 18.2 Å². The predicted octanol–water partition coefficient (Wildman–Crippen LogP) is 2.69. The van der Waals surface area contributed by atoms with Crippen molar-refractivity contribution in [2.45, 2.75) is 25.8 Å². The molecule has 3 nitrogen and oxygen atoms in total. The van der Waals surface area contributed by atoms with E-state index in [1.165, 1.54) is 18.6 Å². The van der Waals surface area contributed by atoms with Crippen LogP contribution in [-0.4, -0.2) is 36.5 Å². The summed E-state index contributed by atoms with van der Waals surface area (Å²) < 4.78 is 12.9. The van der Waals surface area contributed by atoms with E-state index in [-0.39, 0.29) is 10.9 Å². The number of halogens is 2. The summed E-state index contributed by atoms with van der Waals surface area (Å²) in [7, 11) is 0. The predicted molar refractivity (Wildman–Crippen MR) is 74.0 cm³/mol. The molecule has 1 aliphatic rings. The van der Waals surface area contributed by atoms with Crippen LogP contribution < -0.4 is 5.32 Å². The van der Waals surface area contributed by atoms with Crippen LogP contribution in [0.3, 0.4) is 0 Å². The quantitative estimate of drug-likeness (QED) is 0.922. The lowest BCUT2D eigenvalue weighted by Crippen LogP contribution is -2.40. The molecule has 0 saturated carbocycles. The molecule has 1 unspecified atom stereocenters. The molecule has 0 aliphatic carbocycles. The van der Waals surface area contributed by atoms with E-state index < -0.39 is 5.82 Å². The van der Waals surface area contributed by atoms with Crippen LogP contribution in [0.4, 0.5) is 4.39 Å². The fourth-order valence-electron chi connectivity index (χ4n) is 2.52. The second kappa shape index (κ2) is 6.35. The van der Waals surface area contributed by atoms with Gasteiger partial charge in [-0.1, -0.05) is 18.5 Å². The number of rotatable bonds is 4. The lowest BCUT2D eigenvalue weighted by molar-refractivity contribution is 0.0941. The Morgan fingerprint density at radius 3 is 3.05 bits per heavy atom. The van der Waals surface area contributed by atoms with Gasteiger partial charge in [0.2, 0.25) is 0 Å². The van der Waals surface area contributed by atoms with Crippen molar-refractivity contribution < 1.29 is 9.18 Å². The highest BCUT2D eigenvalue weighted by atomic mass is 35.5. The molecular weight excluding hydrogens is 267 g/mol. The van der Waals surface area contributed by atoms with Gasteiger partial charge in [-0.3, -0.25) is 9.69 Å². The van der Waals surface area contributed by atoms with Crippen molar-refractivity contribution in [3.8, 4) is 0 Å². The maximum absolute atomic E-state index is 12.9. The summed E-state index contributed by atoms with van der Waals surface area (Å²) in [5.74, 6) is -0.678. The van der Waals surface area contributed by atoms with Gasteiger partial charge in [0.05, 0.1) is 10.6 Å². The van der Waals surface area contributed by atoms with E-state index in [0.29, 0.717) is 18.2 Å². The van der Waals surface area contributed by atoms with Crippen LogP contribution in [0.25, 0.3) is 0 Å². The molecule has 1 aromatic carbocycles. The SMILES string of the molecule is CCN1CCCC1CNC(=O)c1ccc(F)cc1Cl. The Labute approximate surface area is 117 Å². The van der Waals surface area contributed by atoms with Crippen LogP contribution in [0, 0.1) is 5.82 Å². The fraction of sp³-hybridized carbons (Fsp3) is 0.500. The third-order valence-electron chi connectivity index (χ3n) is 3.58. The van der Waals surface area contributed by atoms with Crippen molar-refractivity contribution in [3.63, 3.8) is 0 Å². The number of likely N-dealkylation sites (N-methyl/N-ethyl adjacent to an activating group) is 1. The smallest absolute Gasteiger partial charge is 0.252 e. The zero-order valence-corrected chi connectivity index (χ0v) is 11.7. The van der Waals surface area contributed by atoms with Gasteiger partial charge in [0, 0.05) is 12.6 Å². The number of likely N-dealkylation sites (tertiary alicyclic amines) is 1. The Morgan fingerprint density at radius 1 is 1.58 bits per heavy atom. The van der Waals surface area contributed by atoms with Gasteiger partial charge in [-0.15, -0.1) is 0 Å². The highest BCUT2D eigenvalue weighted by Crippen LogP contribution is 2.18. The summed E-state index contributed by atoms with van der Waals surface area (Å²) in [6.07, 6.45) is 2.27. The van der Waals surface area contributed by atoms with Crippen molar-refractivity contribution in [1.29, 1.82) is 0 Å². The molecule has 1 saturated heterocycles. The van der Waals surface area contributed by atoms with E-state index in [4.69, 9.17) is 11.6 Å². The topological polar surface area (TPSA) is 32.3 Å². The minimum absolute atomic E-state index is 0.149. The molecule has 0 aromatic heterocycles. The molecule has 1 atom stereocenters. The number of benzene rings is 1. The van der Waals surface area contributed by atoms with Crippen LogP contribution in [0.1, 0.15) is 30.1 Å². The van der Waals surface area contributed by atoms with E-state index in [9.17, 15) is 9.18 Å². The van der Waals surface area contributed by atoms with Crippen LogP contribution in [0.2, 0.25) is 5.02 Å². The standard InChI is InChI=1S/C14H18ClFN2O/c1-2-18-7-3-4-11(18)9-17-14(19)12-6-5-10(16)8-13(12)15/h5-6,8,11H,2-4,7,9H2,1H3,(H,17,19). The first-order valence-electron chi connectivity index (χ1n) is 6.59. The molecule has 1 fully saturated rings. The number of hydrogen-bond acceptors (Lipinski definition) is 2. The van der Waals surface area contributed by atoms with E-state index in [1.54, 1.807) is 0 Å². The van der Waals surface area contributed by atoms with Gasteiger partial charge in [0.15, 0.2) is 0 Å². The van der Waals surface area contributed by atoms with Gasteiger partial charge in [-0.25, -0.2) is 4.39 Å². The lowest BCUT2D eigenvalue weighted by atomic mass is 10.2. The molecule has 1 aliphatic heterocycles. The van der Waals surface area contributed by atoms with E-state index in [2.05, 4.69) is 17.1 Å². The van der Waals surface area contributed by atoms with E-state index >= 15 is 0 Å². The average molecular weight is 285 g/mol. The fourth-order valence-corrected chi connectivity index (χ4v) is 2.78. The van der Waals surface area contributed by atoms with Crippen molar-refractivity contribution >= 4 is 17.5 Å². The number of amides is 1. The molecule has 0 bridgehead atoms. The second-order valence-electron chi connectivity index (χ2n) is 4.76. The summed E-state index contributed by atoms with van der Waals surface area (Å²) in [6, 6.07) is 4.21. The Kier molecular flexibility index (Phi) is 4.77. The first-order valence-corrected chi connectivity index (χ1v) is 6.97. The van der Waals surface area contributed by atoms with Crippen LogP contribution >= 0.6 is 11.6 Å². The van der Waals surface area contributed by atoms with Gasteiger partial charge >= 0.3 is 0 Å². The largest absolute Gasteiger partial charge is 0.350 e. The van der Waals surface area contributed by atoms with Crippen molar-refractivity contribution in [2.24, 2.45) is 0 Å². The third-order valence-corrected chi connectivity index (χ3v) is 3.89. The van der Waals surface area contributed by atoms with Crippen LogP contribution in [0.5, 0.6) is 0 Å². The van der Waals surface area contributed by atoms with Gasteiger partial charge in [-0.2, -0.15) is 0 Å². The normalized spacial score (nSPS) is 19.6.